The third kappa shape index (κ3) is 4.88. The first kappa shape index (κ1) is 16.1. The highest BCUT2D eigenvalue weighted by Gasteiger charge is 2.17. The summed E-state index contributed by atoms with van der Waals surface area (Å²) < 4.78 is 0. The van der Waals surface area contributed by atoms with Gasteiger partial charge >= 0.3 is 0 Å². The van der Waals surface area contributed by atoms with E-state index in [0.29, 0.717) is 6.42 Å². The largest absolute Gasteiger partial charge is 0.395 e. The molecule has 1 rings (SSSR count). The zero-order chi connectivity index (χ0) is 14.4. The van der Waals surface area contributed by atoms with Crippen LogP contribution in [-0.2, 0) is 11.2 Å². The second kappa shape index (κ2) is 7.56. The number of rotatable bonds is 6. The molecule has 0 bridgehead atoms. The highest BCUT2D eigenvalue weighted by atomic mass is 32.2. The van der Waals surface area contributed by atoms with Crippen LogP contribution < -0.4 is 5.32 Å². The van der Waals surface area contributed by atoms with E-state index in [0.717, 1.165) is 11.1 Å². The van der Waals surface area contributed by atoms with E-state index in [2.05, 4.69) is 17.4 Å². The molecule has 0 heterocycles. The lowest BCUT2D eigenvalue weighted by molar-refractivity contribution is -0.121. The number of carbonyl (C=O) groups excluding carboxylic acids is 1. The van der Waals surface area contributed by atoms with Gasteiger partial charge in [0.25, 0.3) is 0 Å². The molecule has 1 aromatic rings. The predicted octanol–water partition coefficient (Wildman–Crippen LogP) is 2.07. The molecule has 106 valence electrons. The fraction of sp³-hybridized carbons (Fsp3) is 0.533. The lowest BCUT2D eigenvalue weighted by Crippen LogP contribution is -2.41. The van der Waals surface area contributed by atoms with E-state index in [1.807, 2.05) is 33.1 Å². The van der Waals surface area contributed by atoms with Crippen molar-refractivity contribution in [2.45, 2.75) is 38.5 Å². The van der Waals surface area contributed by atoms with Crippen LogP contribution >= 0.6 is 11.8 Å². The van der Waals surface area contributed by atoms with E-state index in [-0.39, 0.29) is 23.8 Å². The molecular weight excluding hydrogens is 258 g/mol. The fourth-order valence-electron chi connectivity index (χ4n) is 2.00. The quantitative estimate of drug-likeness (QED) is 0.839. The first-order valence-electron chi connectivity index (χ1n) is 6.47. The molecule has 0 aliphatic carbocycles. The highest BCUT2D eigenvalue weighted by molar-refractivity contribution is 7.99. The number of aryl methyl sites for hydroxylation is 2. The zero-order valence-electron chi connectivity index (χ0n) is 12.1. The monoisotopic (exact) mass is 281 g/mol. The lowest BCUT2D eigenvalue weighted by atomic mass is 10.0. The number of benzene rings is 1. The van der Waals surface area contributed by atoms with Gasteiger partial charge < -0.3 is 10.4 Å². The summed E-state index contributed by atoms with van der Waals surface area (Å²) in [6, 6.07) is 6.12. The van der Waals surface area contributed by atoms with Gasteiger partial charge in [-0.25, -0.2) is 0 Å². The van der Waals surface area contributed by atoms with Gasteiger partial charge in [0.05, 0.1) is 13.0 Å². The maximum atomic E-state index is 12.0. The van der Waals surface area contributed by atoms with Crippen molar-refractivity contribution in [1.29, 1.82) is 0 Å². The number of amides is 1. The van der Waals surface area contributed by atoms with Crippen LogP contribution in [-0.4, -0.2) is 35.2 Å². The minimum Gasteiger partial charge on any atom is -0.395 e. The van der Waals surface area contributed by atoms with E-state index >= 15 is 0 Å². The topological polar surface area (TPSA) is 49.3 Å². The fourth-order valence-corrected chi connectivity index (χ4v) is 2.62. The molecule has 0 radical (unpaired) electrons. The number of carbonyl (C=O) groups is 1. The van der Waals surface area contributed by atoms with Crippen molar-refractivity contribution in [3.05, 3.63) is 34.9 Å². The Morgan fingerprint density at radius 1 is 1.42 bits per heavy atom. The molecule has 3 nitrogen and oxygen atoms in total. The summed E-state index contributed by atoms with van der Waals surface area (Å²) in [4.78, 5) is 12.0. The van der Waals surface area contributed by atoms with Gasteiger partial charge in [-0.05, 0) is 38.2 Å². The van der Waals surface area contributed by atoms with Crippen LogP contribution in [0.3, 0.4) is 0 Å². The molecule has 2 N–H and O–H groups in total. The standard InChI is InChI=1S/C15H23NO2S/c1-10-5-6-11(2)13(7-10)8-15(18)16-12(3)14(9-17)19-4/h5-7,12,14,17H,8-9H2,1-4H3,(H,16,18). The summed E-state index contributed by atoms with van der Waals surface area (Å²) in [7, 11) is 0. The van der Waals surface area contributed by atoms with Crippen LogP contribution in [0.2, 0.25) is 0 Å². The van der Waals surface area contributed by atoms with Gasteiger partial charge in [-0.1, -0.05) is 23.8 Å². The van der Waals surface area contributed by atoms with E-state index < -0.39 is 0 Å². The number of nitrogens with one attached hydrogen (secondary N) is 1. The first-order chi connectivity index (χ1) is 8.97. The second-order valence-electron chi connectivity index (χ2n) is 4.92. The SMILES string of the molecule is CSC(CO)C(C)NC(=O)Cc1cc(C)ccc1C. The Hall–Kier alpha value is -1.00. The number of thioether (sulfide) groups is 1. The van der Waals surface area contributed by atoms with Gasteiger partial charge in [0, 0.05) is 11.3 Å². The highest BCUT2D eigenvalue weighted by Crippen LogP contribution is 2.13. The van der Waals surface area contributed by atoms with Gasteiger partial charge in [0.1, 0.15) is 0 Å². The number of aliphatic hydroxyl groups excluding tert-OH is 1. The average molecular weight is 281 g/mol. The van der Waals surface area contributed by atoms with Crippen molar-refractivity contribution in [1.82, 2.24) is 5.32 Å². The number of aliphatic hydroxyl groups is 1. The summed E-state index contributed by atoms with van der Waals surface area (Å²) in [5, 5.41) is 12.2. The maximum Gasteiger partial charge on any atom is 0.224 e. The van der Waals surface area contributed by atoms with E-state index in [1.165, 1.54) is 5.56 Å². The van der Waals surface area contributed by atoms with Crippen LogP contribution in [0.5, 0.6) is 0 Å². The molecule has 0 fully saturated rings. The Balaban J connectivity index is 2.62. The van der Waals surface area contributed by atoms with Crippen LogP contribution in [0, 0.1) is 13.8 Å². The Labute approximate surface area is 119 Å². The minimum absolute atomic E-state index is 0.00806. The summed E-state index contributed by atoms with van der Waals surface area (Å²) in [5.74, 6) is 0.00806. The maximum absolute atomic E-state index is 12.0. The number of hydrogen-bond donors (Lipinski definition) is 2. The van der Waals surface area contributed by atoms with Crippen LogP contribution in [0.15, 0.2) is 18.2 Å². The Bertz CT molecular complexity index is 430. The van der Waals surface area contributed by atoms with E-state index in [9.17, 15) is 9.90 Å². The van der Waals surface area contributed by atoms with Crippen molar-refractivity contribution in [2.24, 2.45) is 0 Å². The van der Waals surface area contributed by atoms with Gasteiger partial charge in [-0.15, -0.1) is 0 Å². The summed E-state index contributed by atoms with van der Waals surface area (Å²) >= 11 is 1.57. The van der Waals surface area contributed by atoms with Gasteiger partial charge in [0.15, 0.2) is 0 Å². The summed E-state index contributed by atoms with van der Waals surface area (Å²) in [6.07, 6.45) is 2.33. The molecule has 2 unspecified atom stereocenters. The molecule has 0 aliphatic rings. The molecule has 4 heteroatoms. The van der Waals surface area contributed by atoms with Crippen molar-refractivity contribution in [3.8, 4) is 0 Å². The molecule has 19 heavy (non-hydrogen) atoms. The second-order valence-corrected chi connectivity index (χ2v) is 6.00. The first-order valence-corrected chi connectivity index (χ1v) is 7.75. The van der Waals surface area contributed by atoms with Gasteiger partial charge in [0.2, 0.25) is 5.91 Å². The Morgan fingerprint density at radius 2 is 2.11 bits per heavy atom. The molecule has 0 aliphatic heterocycles. The molecule has 2 atom stereocenters. The molecule has 0 saturated heterocycles. The molecular formula is C15H23NO2S. The normalized spacial score (nSPS) is 13.9. The zero-order valence-corrected chi connectivity index (χ0v) is 12.9. The summed E-state index contributed by atoms with van der Waals surface area (Å²) in [6.45, 7) is 6.05. The Morgan fingerprint density at radius 3 is 2.68 bits per heavy atom. The average Bonchev–Trinajstić information content (AvgIpc) is 2.35. The van der Waals surface area contributed by atoms with Crippen molar-refractivity contribution in [2.75, 3.05) is 12.9 Å². The predicted molar refractivity (Wildman–Crippen MR) is 81.6 cm³/mol. The number of hydrogen-bond acceptors (Lipinski definition) is 3. The summed E-state index contributed by atoms with van der Waals surface area (Å²) in [5.41, 5.74) is 3.37. The molecule has 1 amide bonds. The van der Waals surface area contributed by atoms with Crippen molar-refractivity contribution in [3.63, 3.8) is 0 Å². The van der Waals surface area contributed by atoms with Crippen LogP contribution in [0.25, 0.3) is 0 Å². The minimum atomic E-state index is -0.0300. The van der Waals surface area contributed by atoms with Gasteiger partial charge in [-0.2, -0.15) is 11.8 Å². The van der Waals surface area contributed by atoms with Gasteiger partial charge in [-0.3, -0.25) is 4.79 Å². The Kier molecular flexibility index (Phi) is 6.38. The third-order valence-electron chi connectivity index (χ3n) is 3.28. The van der Waals surface area contributed by atoms with Crippen molar-refractivity contribution < 1.29 is 9.90 Å². The molecule has 0 spiro atoms. The molecule has 0 saturated carbocycles. The lowest BCUT2D eigenvalue weighted by Gasteiger charge is -2.21. The molecule has 0 aromatic heterocycles. The smallest absolute Gasteiger partial charge is 0.224 e. The van der Waals surface area contributed by atoms with E-state index in [1.54, 1.807) is 11.8 Å². The third-order valence-corrected chi connectivity index (χ3v) is 4.45. The van der Waals surface area contributed by atoms with Crippen LogP contribution in [0.1, 0.15) is 23.6 Å². The van der Waals surface area contributed by atoms with Crippen molar-refractivity contribution >= 4 is 17.7 Å². The van der Waals surface area contributed by atoms with Crippen LogP contribution in [0.4, 0.5) is 0 Å². The molecule has 1 aromatic carbocycles. The van der Waals surface area contributed by atoms with E-state index in [4.69, 9.17) is 0 Å².